The molecule has 0 saturated carbocycles. The number of aliphatic hydroxyl groups excluding tert-OH is 1. The molecule has 2 aliphatic heterocycles. The first-order chi connectivity index (χ1) is 20.2. The first kappa shape index (κ1) is 29.6. The Kier molecular flexibility index (Phi) is 7.21. The van der Waals surface area contributed by atoms with Crippen LogP contribution in [-0.2, 0) is 10.2 Å². The summed E-state index contributed by atoms with van der Waals surface area (Å²) >= 11 is 0. The lowest BCUT2D eigenvalue weighted by molar-refractivity contribution is -0.173. The molecule has 1 N–H and O–H groups in total. The maximum absolute atomic E-state index is 14.8. The van der Waals surface area contributed by atoms with Crippen molar-refractivity contribution in [3.63, 3.8) is 0 Å². The molecule has 4 amide bonds. The first-order valence-corrected chi connectivity index (χ1v) is 13.2. The van der Waals surface area contributed by atoms with Gasteiger partial charge in [-0.05, 0) is 73.0 Å². The van der Waals surface area contributed by atoms with Crippen LogP contribution >= 0.6 is 0 Å². The summed E-state index contributed by atoms with van der Waals surface area (Å²) in [6.07, 6.45) is -4.70. The van der Waals surface area contributed by atoms with Crippen LogP contribution in [0.2, 0.25) is 0 Å². The van der Waals surface area contributed by atoms with Gasteiger partial charge in [-0.1, -0.05) is 12.1 Å². The molecular formula is C31H25F3N2O7. The highest BCUT2D eigenvalue weighted by molar-refractivity contribution is 6.34. The number of benzene rings is 3. The number of rotatable bonds is 7. The van der Waals surface area contributed by atoms with Crippen LogP contribution in [0.1, 0.15) is 81.8 Å². The van der Waals surface area contributed by atoms with Crippen LogP contribution in [0.15, 0.2) is 54.6 Å². The van der Waals surface area contributed by atoms with Crippen LogP contribution in [0, 0.1) is 6.92 Å². The van der Waals surface area contributed by atoms with Crippen LogP contribution in [-0.4, -0.2) is 66.0 Å². The number of hydrogen-bond donors (Lipinski definition) is 1. The van der Waals surface area contributed by atoms with E-state index in [0.717, 1.165) is 47.1 Å². The molecule has 2 aliphatic rings. The van der Waals surface area contributed by atoms with Gasteiger partial charge in [0.25, 0.3) is 23.6 Å². The Morgan fingerprint density at radius 2 is 1.35 bits per heavy atom. The number of anilines is 1. The van der Waals surface area contributed by atoms with Gasteiger partial charge in [0.2, 0.25) is 0 Å². The maximum Gasteiger partial charge on any atom is 0.402 e. The summed E-state index contributed by atoms with van der Waals surface area (Å²) in [5.41, 5.74) is -3.38. The number of ether oxygens (including phenoxy) is 1. The average molecular weight is 595 g/mol. The molecule has 0 saturated heterocycles. The summed E-state index contributed by atoms with van der Waals surface area (Å²) in [6.45, 7) is 2.30. The smallest absolute Gasteiger partial charge is 0.402 e. The molecule has 0 bridgehead atoms. The van der Waals surface area contributed by atoms with Crippen molar-refractivity contribution >= 4 is 35.3 Å². The number of imide groups is 2. The second kappa shape index (κ2) is 10.5. The van der Waals surface area contributed by atoms with E-state index in [9.17, 15) is 37.1 Å². The van der Waals surface area contributed by atoms with Gasteiger partial charge in [0.05, 0.1) is 40.1 Å². The van der Waals surface area contributed by atoms with Crippen molar-refractivity contribution in [2.24, 2.45) is 0 Å². The fourth-order valence-electron chi connectivity index (χ4n) is 5.28. The van der Waals surface area contributed by atoms with Gasteiger partial charge in [-0.2, -0.15) is 13.2 Å². The summed E-state index contributed by atoms with van der Waals surface area (Å²) in [4.78, 5) is 65.8. The lowest BCUT2D eigenvalue weighted by atomic mass is 9.74. The molecule has 2 heterocycles. The van der Waals surface area contributed by atoms with Crippen molar-refractivity contribution in [3.8, 4) is 0 Å². The normalized spacial score (nSPS) is 16.0. The topological polar surface area (TPSA) is 121 Å². The number of aryl methyl sites for hydroxylation is 1. The quantitative estimate of drug-likeness (QED) is 0.244. The zero-order chi connectivity index (χ0) is 31.4. The Morgan fingerprint density at radius 3 is 1.93 bits per heavy atom. The van der Waals surface area contributed by atoms with Crippen molar-refractivity contribution in [3.05, 3.63) is 99.1 Å². The molecule has 5 rings (SSSR count). The monoisotopic (exact) mass is 594 g/mol. The lowest BCUT2D eigenvalue weighted by Gasteiger charge is -2.33. The summed E-state index contributed by atoms with van der Waals surface area (Å²) in [7, 11) is 1.24. The Bertz CT molecular complexity index is 1730. The average Bonchev–Trinajstić information content (AvgIpc) is 3.34. The number of hydrogen-bond acceptors (Lipinski definition) is 7. The predicted octanol–water partition coefficient (Wildman–Crippen LogP) is 4.43. The molecule has 3 aromatic carbocycles. The summed E-state index contributed by atoms with van der Waals surface area (Å²) < 4.78 is 49.6. The number of halogens is 3. The third-order valence-electron chi connectivity index (χ3n) is 7.79. The van der Waals surface area contributed by atoms with Crippen molar-refractivity contribution in [1.29, 1.82) is 0 Å². The minimum absolute atomic E-state index is 0.0130. The van der Waals surface area contributed by atoms with Crippen LogP contribution < -0.4 is 4.90 Å². The minimum atomic E-state index is -4.92. The van der Waals surface area contributed by atoms with Crippen molar-refractivity contribution in [1.82, 2.24) is 4.90 Å². The number of aliphatic hydroxyl groups is 1. The standard InChI is InChI=1S/C31H25F3N2O7/c1-16-11-17(29(42)43-10-4-9-37)13-20(12-16)36-27(40)22-8-6-19(15-24(22)28(36)41)30(2,31(32,33)34)18-5-7-21-23(14-18)26(39)35(3)25(21)38/h5-8,11-15,37H,4,9-10H2,1-3H3. The maximum atomic E-state index is 14.8. The summed E-state index contributed by atoms with van der Waals surface area (Å²) in [5.74, 6) is -3.76. The van der Waals surface area contributed by atoms with Gasteiger partial charge in [0.1, 0.15) is 5.41 Å². The van der Waals surface area contributed by atoms with Gasteiger partial charge in [-0.3, -0.25) is 24.1 Å². The first-order valence-electron chi connectivity index (χ1n) is 13.2. The van der Waals surface area contributed by atoms with Crippen LogP contribution in [0.3, 0.4) is 0 Å². The van der Waals surface area contributed by atoms with Gasteiger partial charge < -0.3 is 9.84 Å². The highest BCUT2D eigenvalue weighted by Gasteiger charge is 2.55. The van der Waals surface area contributed by atoms with E-state index in [1.807, 2.05) is 0 Å². The van der Waals surface area contributed by atoms with E-state index in [4.69, 9.17) is 9.84 Å². The van der Waals surface area contributed by atoms with E-state index in [1.54, 1.807) is 6.92 Å². The summed E-state index contributed by atoms with van der Waals surface area (Å²) in [6, 6.07) is 10.8. The number of carbonyl (C=O) groups is 5. The molecule has 0 radical (unpaired) electrons. The van der Waals surface area contributed by atoms with E-state index < -0.39 is 41.2 Å². The Morgan fingerprint density at radius 1 is 0.814 bits per heavy atom. The fraction of sp³-hybridized carbons (Fsp3) is 0.258. The van der Waals surface area contributed by atoms with Crippen molar-refractivity contribution in [2.45, 2.75) is 31.9 Å². The molecule has 43 heavy (non-hydrogen) atoms. The molecule has 3 aromatic rings. The molecule has 222 valence electrons. The number of carbonyl (C=O) groups excluding carboxylic acids is 5. The van der Waals surface area contributed by atoms with Gasteiger partial charge in [0, 0.05) is 20.1 Å². The molecule has 1 atom stereocenters. The minimum Gasteiger partial charge on any atom is -0.462 e. The summed E-state index contributed by atoms with van der Waals surface area (Å²) in [5, 5.41) is 8.91. The van der Waals surface area contributed by atoms with E-state index in [2.05, 4.69) is 0 Å². The second-order valence-electron chi connectivity index (χ2n) is 10.5. The zero-order valence-electron chi connectivity index (χ0n) is 23.2. The molecule has 0 aromatic heterocycles. The van der Waals surface area contributed by atoms with E-state index in [1.165, 1.54) is 31.3 Å². The number of fused-ring (bicyclic) bond motifs is 2. The second-order valence-corrected chi connectivity index (χ2v) is 10.5. The SMILES string of the molecule is Cc1cc(C(=O)OCCCO)cc(N2C(=O)c3ccc(C(C)(c4ccc5c(c4)C(=O)N(C)C5=O)C(F)(F)F)cc3C2=O)c1. The third kappa shape index (κ3) is 4.67. The van der Waals surface area contributed by atoms with Crippen LogP contribution in [0.25, 0.3) is 0 Å². The Hall–Kier alpha value is -4.84. The number of nitrogens with zero attached hydrogens (tertiary/aromatic N) is 2. The van der Waals surface area contributed by atoms with E-state index in [-0.39, 0.29) is 64.3 Å². The van der Waals surface area contributed by atoms with Gasteiger partial charge in [0.15, 0.2) is 0 Å². The Labute approximate surface area is 243 Å². The Balaban J connectivity index is 1.55. The van der Waals surface area contributed by atoms with Gasteiger partial charge in [-0.15, -0.1) is 0 Å². The van der Waals surface area contributed by atoms with Gasteiger partial charge in [-0.25, -0.2) is 9.69 Å². The molecule has 0 spiro atoms. The molecule has 1 unspecified atom stereocenters. The largest absolute Gasteiger partial charge is 0.462 e. The highest BCUT2D eigenvalue weighted by atomic mass is 19.4. The van der Waals surface area contributed by atoms with Crippen molar-refractivity contribution in [2.75, 3.05) is 25.2 Å². The molecule has 12 heteroatoms. The third-order valence-corrected chi connectivity index (χ3v) is 7.79. The number of esters is 1. The van der Waals surface area contributed by atoms with Crippen LogP contribution in [0.4, 0.5) is 18.9 Å². The van der Waals surface area contributed by atoms with Crippen LogP contribution in [0.5, 0.6) is 0 Å². The molecule has 0 aliphatic carbocycles. The highest BCUT2D eigenvalue weighted by Crippen LogP contribution is 2.48. The number of amides is 4. The molecule has 9 nitrogen and oxygen atoms in total. The fourth-order valence-corrected chi connectivity index (χ4v) is 5.28. The number of alkyl halides is 3. The molecule has 0 fully saturated rings. The van der Waals surface area contributed by atoms with E-state index in [0.29, 0.717) is 5.56 Å². The van der Waals surface area contributed by atoms with Gasteiger partial charge >= 0.3 is 12.1 Å². The molecular weight excluding hydrogens is 569 g/mol. The lowest BCUT2D eigenvalue weighted by Crippen LogP contribution is -2.41. The predicted molar refractivity (Wildman–Crippen MR) is 146 cm³/mol. The van der Waals surface area contributed by atoms with Crippen molar-refractivity contribution < 1.29 is 47.0 Å². The zero-order valence-corrected chi connectivity index (χ0v) is 23.2. The van der Waals surface area contributed by atoms with E-state index >= 15 is 0 Å².